The summed E-state index contributed by atoms with van der Waals surface area (Å²) in [7, 11) is 0. The van der Waals surface area contributed by atoms with Crippen LogP contribution in [0.3, 0.4) is 0 Å². The normalized spacial score (nSPS) is 25.1. The maximum absolute atomic E-state index is 12.4. The standard InChI is InChI=1S/C12H9N3O3S/c16-11(15-5-7-4-10(15)12(17)18-7)6-1-2-8-9(3-6)14-19-13-8/h1-3,7,10H,4-5H2/t7-,10-/m1/s1. The Balaban J connectivity index is 1.68. The highest BCUT2D eigenvalue weighted by Gasteiger charge is 2.48. The molecule has 2 bridgehead atoms. The summed E-state index contributed by atoms with van der Waals surface area (Å²) in [5.74, 6) is -0.431. The van der Waals surface area contributed by atoms with Crippen LogP contribution in [0.25, 0.3) is 11.0 Å². The molecule has 2 saturated heterocycles. The first-order valence-corrected chi connectivity index (χ1v) is 6.69. The Kier molecular flexibility index (Phi) is 2.14. The lowest BCUT2D eigenvalue weighted by atomic mass is 10.1. The van der Waals surface area contributed by atoms with Crippen molar-refractivity contribution in [3.63, 3.8) is 0 Å². The van der Waals surface area contributed by atoms with Gasteiger partial charge in [0.1, 0.15) is 23.2 Å². The number of carbonyl (C=O) groups is 2. The molecule has 2 aromatic rings. The minimum Gasteiger partial charge on any atom is -0.459 e. The zero-order chi connectivity index (χ0) is 13.0. The molecule has 1 aromatic heterocycles. The molecule has 0 saturated carbocycles. The number of likely N-dealkylation sites (tertiary alicyclic amines) is 1. The molecule has 2 aliphatic heterocycles. The quantitative estimate of drug-likeness (QED) is 0.721. The van der Waals surface area contributed by atoms with E-state index in [0.717, 1.165) is 17.2 Å². The lowest BCUT2D eigenvalue weighted by Gasteiger charge is -2.25. The van der Waals surface area contributed by atoms with Crippen LogP contribution in [0.5, 0.6) is 0 Å². The van der Waals surface area contributed by atoms with Gasteiger partial charge in [0.05, 0.1) is 18.3 Å². The second-order valence-electron chi connectivity index (χ2n) is 4.74. The summed E-state index contributed by atoms with van der Waals surface area (Å²) < 4.78 is 13.3. The highest BCUT2D eigenvalue weighted by atomic mass is 32.1. The number of aromatic nitrogens is 2. The number of hydrogen-bond donors (Lipinski definition) is 0. The third kappa shape index (κ3) is 1.54. The molecule has 1 amide bonds. The van der Waals surface area contributed by atoms with E-state index in [-0.39, 0.29) is 18.0 Å². The maximum Gasteiger partial charge on any atom is 0.329 e. The summed E-state index contributed by atoms with van der Waals surface area (Å²) >= 11 is 1.12. The van der Waals surface area contributed by atoms with Gasteiger partial charge in [0.15, 0.2) is 0 Å². The zero-order valence-electron chi connectivity index (χ0n) is 9.78. The first kappa shape index (κ1) is 10.9. The van der Waals surface area contributed by atoms with Gasteiger partial charge >= 0.3 is 5.97 Å². The summed E-state index contributed by atoms with van der Waals surface area (Å²) in [6.45, 7) is 0.489. The van der Waals surface area contributed by atoms with Crippen LogP contribution >= 0.6 is 11.7 Å². The number of fused-ring (bicyclic) bond motifs is 3. The highest BCUT2D eigenvalue weighted by molar-refractivity contribution is 7.00. The van der Waals surface area contributed by atoms with Crippen molar-refractivity contribution in [3.8, 4) is 0 Å². The fourth-order valence-electron chi connectivity index (χ4n) is 2.65. The molecule has 7 heteroatoms. The summed E-state index contributed by atoms with van der Waals surface area (Å²) in [4.78, 5) is 25.5. The van der Waals surface area contributed by atoms with Gasteiger partial charge in [0.2, 0.25) is 0 Å². The number of amides is 1. The monoisotopic (exact) mass is 275 g/mol. The van der Waals surface area contributed by atoms with Gasteiger partial charge in [-0.3, -0.25) is 4.79 Å². The minimum atomic E-state index is -0.415. The van der Waals surface area contributed by atoms with Crippen molar-refractivity contribution in [1.29, 1.82) is 0 Å². The molecule has 4 rings (SSSR count). The van der Waals surface area contributed by atoms with Crippen molar-refractivity contribution < 1.29 is 14.3 Å². The molecule has 2 aliphatic rings. The Bertz CT molecular complexity index is 698. The number of rotatable bonds is 1. The molecule has 96 valence electrons. The number of benzene rings is 1. The molecule has 3 heterocycles. The average Bonchev–Trinajstić information content (AvgIpc) is 3.10. The second-order valence-corrected chi connectivity index (χ2v) is 5.26. The van der Waals surface area contributed by atoms with Gasteiger partial charge in [-0.05, 0) is 18.2 Å². The van der Waals surface area contributed by atoms with Crippen molar-refractivity contribution in [2.75, 3.05) is 6.54 Å². The third-order valence-electron chi connectivity index (χ3n) is 3.58. The smallest absolute Gasteiger partial charge is 0.329 e. The Morgan fingerprint density at radius 1 is 1.37 bits per heavy atom. The molecule has 0 radical (unpaired) electrons. The molecule has 6 nitrogen and oxygen atoms in total. The zero-order valence-corrected chi connectivity index (χ0v) is 10.6. The predicted octanol–water partition coefficient (Wildman–Crippen LogP) is 0.831. The molecule has 1 aromatic carbocycles. The molecular formula is C12H9N3O3S. The Morgan fingerprint density at radius 3 is 3.00 bits per heavy atom. The molecule has 2 atom stereocenters. The molecule has 2 fully saturated rings. The first-order valence-electron chi connectivity index (χ1n) is 5.96. The Labute approximate surface area is 112 Å². The molecular weight excluding hydrogens is 266 g/mol. The van der Waals surface area contributed by atoms with Crippen molar-refractivity contribution >= 4 is 34.6 Å². The Morgan fingerprint density at radius 2 is 2.21 bits per heavy atom. The summed E-state index contributed by atoms with van der Waals surface area (Å²) in [6.07, 6.45) is 0.483. The van der Waals surface area contributed by atoms with Gasteiger partial charge < -0.3 is 9.64 Å². The van der Waals surface area contributed by atoms with E-state index in [1.807, 2.05) is 0 Å². The van der Waals surface area contributed by atoms with E-state index in [1.165, 1.54) is 0 Å². The largest absolute Gasteiger partial charge is 0.459 e. The van der Waals surface area contributed by atoms with Crippen LogP contribution in [0.4, 0.5) is 0 Å². The van der Waals surface area contributed by atoms with E-state index in [4.69, 9.17) is 4.74 Å². The van der Waals surface area contributed by atoms with E-state index in [0.29, 0.717) is 24.0 Å². The maximum atomic E-state index is 12.4. The highest BCUT2D eigenvalue weighted by Crippen LogP contribution is 2.30. The second kappa shape index (κ2) is 3.74. The SMILES string of the molecule is O=C1O[C@@H]2C[C@H]1N(C(=O)c1ccc3nsnc3c1)C2. The van der Waals surface area contributed by atoms with Crippen molar-refractivity contribution in [1.82, 2.24) is 13.6 Å². The first-order chi connectivity index (χ1) is 9.22. The number of ether oxygens (including phenoxy) is 1. The van der Waals surface area contributed by atoms with Gasteiger partial charge in [-0.25, -0.2) is 4.79 Å². The van der Waals surface area contributed by atoms with Crippen molar-refractivity contribution in [3.05, 3.63) is 23.8 Å². The van der Waals surface area contributed by atoms with Crippen LogP contribution < -0.4 is 0 Å². The van der Waals surface area contributed by atoms with E-state index >= 15 is 0 Å². The lowest BCUT2D eigenvalue weighted by molar-refractivity contribution is -0.149. The predicted molar refractivity (Wildman–Crippen MR) is 66.7 cm³/mol. The summed E-state index contributed by atoms with van der Waals surface area (Å²) in [6, 6.07) is 4.81. The van der Waals surface area contributed by atoms with E-state index in [1.54, 1.807) is 23.1 Å². The lowest BCUT2D eigenvalue weighted by Crippen LogP contribution is -2.44. The van der Waals surface area contributed by atoms with E-state index in [2.05, 4.69) is 8.75 Å². The number of esters is 1. The molecule has 0 unspecified atom stereocenters. The van der Waals surface area contributed by atoms with E-state index in [9.17, 15) is 9.59 Å². The van der Waals surface area contributed by atoms with Gasteiger partial charge in [-0.1, -0.05) is 0 Å². The molecule has 0 spiro atoms. The number of hydrogen-bond acceptors (Lipinski definition) is 6. The van der Waals surface area contributed by atoms with Gasteiger partial charge in [-0.2, -0.15) is 8.75 Å². The number of nitrogens with zero attached hydrogens (tertiary/aromatic N) is 3. The topological polar surface area (TPSA) is 72.4 Å². The fraction of sp³-hybridized carbons (Fsp3) is 0.333. The van der Waals surface area contributed by atoms with Gasteiger partial charge in [-0.15, -0.1) is 0 Å². The number of morpholine rings is 1. The molecule has 0 N–H and O–H groups in total. The molecule has 0 aliphatic carbocycles. The third-order valence-corrected chi connectivity index (χ3v) is 4.14. The van der Waals surface area contributed by atoms with Crippen LogP contribution in [0, 0.1) is 0 Å². The van der Waals surface area contributed by atoms with Crippen molar-refractivity contribution in [2.45, 2.75) is 18.6 Å². The van der Waals surface area contributed by atoms with Crippen LogP contribution in [-0.4, -0.2) is 44.2 Å². The average molecular weight is 275 g/mol. The summed E-state index contributed by atoms with van der Waals surface area (Å²) in [5.41, 5.74) is 2.03. The molecule has 19 heavy (non-hydrogen) atoms. The minimum absolute atomic E-state index is 0.133. The van der Waals surface area contributed by atoms with Gasteiger partial charge in [0.25, 0.3) is 5.91 Å². The Hall–Kier alpha value is -2.02. The van der Waals surface area contributed by atoms with Crippen LogP contribution in [-0.2, 0) is 9.53 Å². The van der Waals surface area contributed by atoms with Crippen molar-refractivity contribution in [2.24, 2.45) is 0 Å². The van der Waals surface area contributed by atoms with Crippen LogP contribution in [0.2, 0.25) is 0 Å². The van der Waals surface area contributed by atoms with Gasteiger partial charge in [0, 0.05) is 12.0 Å². The van der Waals surface area contributed by atoms with E-state index < -0.39 is 6.04 Å². The van der Waals surface area contributed by atoms with Crippen LogP contribution in [0.15, 0.2) is 18.2 Å². The summed E-state index contributed by atoms with van der Waals surface area (Å²) in [5, 5.41) is 0. The number of carbonyl (C=O) groups excluding carboxylic acids is 2. The fourth-order valence-corrected chi connectivity index (χ4v) is 3.17. The van der Waals surface area contributed by atoms with Crippen LogP contribution in [0.1, 0.15) is 16.8 Å².